The van der Waals surface area contributed by atoms with Gasteiger partial charge in [0.05, 0.1) is 38.0 Å². The molecule has 0 heterocycles. The first-order valence-electron chi connectivity index (χ1n) is 10.4. The average molecular weight is 427 g/mol. The van der Waals surface area contributed by atoms with Crippen molar-refractivity contribution >= 4 is 6.09 Å². The fourth-order valence-corrected chi connectivity index (χ4v) is 4.00. The highest BCUT2D eigenvalue weighted by atomic mass is 16.5. The van der Waals surface area contributed by atoms with E-state index in [1.165, 1.54) is 0 Å². The van der Waals surface area contributed by atoms with Crippen LogP contribution in [-0.2, 0) is 17.6 Å². The molecule has 0 fully saturated rings. The highest BCUT2D eigenvalue weighted by molar-refractivity contribution is 5.65. The molecular weight excluding hydrogens is 396 g/mol. The minimum atomic E-state index is -1.16. The van der Waals surface area contributed by atoms with Gasteiger partial charge in [-0.3, -0.25) is 0 Å². The van der Waals surface area contributed by atoms with Crippen molar-refractivity contribution in [3.05, 3.63) is 77.9 Å². The minimum absolute atomic E-state index is 0.118. The normalized spacial score (nSPS) is 19.3. The van der Waals surface area contributed by atoms with E-state index in [1.54, 1.807) is 13.2 Å². The highest BCUT2D eigenvalue weighted by Gasteiger charge is 2.34. The molecule has 0 aromatic heterocycles. The number of methoxy groups -OCH3 is 1. The number of fused-ring (bicyclic) bond motifs is 1. The van der Waals surface area contributed by atoms with Crippen molar-refractivity contribution in [3.8, 4) is 5.75 Å². The van der Waals surface area contributed by atoms with Gasteiger partial charge in [-0.05, 0) is 35.2 Å². The summed E-state index contributed by atoms with van der Waals surface area (Å²) in [7, 11) is 1.63. The predicted molar refractivity (Wildman–Crippen MR) is 118 cm³/mol. The van der Waals surface area contributed by atoms with E-state index < -0.39 is 18.2 Å². The van der Waals surface area contributed by atoms with Crippen molar-refractivity contribution in [2.75, 3.05) is 20.3 Å². The van der Waals surface area contributed by atoms with Crippen LogP contribution in [0.1, 0.15) is 22.7 Å². The summed E-state index contributed by atoms with van der Waals surface area (Å²) in [5.41, 5.74) is 3.17. The Kier molecular flexibility index (Phi) is 8.06. The van der Waals surface area contributed by atoms with E-state index in [0.29, 0.717) is 13.0 Å². The molecule has 7 heteroatoms. The van der Waals surface area contributed by atoms with Crippen molar-refractivity contribution in [1.82, 2.24) is 10.6 Å². The van der Waals surface area contributed by atoms with Crippen LogP contribution in [0.3, 0.4) is 0 Å². The number of aliphatic hydroxyl groups excluding tert-OH is 1. The van der Waals surface area contributed by atoms with E-state index in [-0.39, 0.29) is 18.7 Å². The van der Waals surface area contributed by atoms with E-state index in [9.17, 15) is 15.0 Å². The first kappa shape index (κ1) is 22.8. The summed E-state index contributed by atoms with van der Waals surface area (Å²) in [4.78, 5) is 11.3. The topological polar surface area (TPSA) is 100 Å². The molecule has 1 amide bonds. The number of benzene rings is 2. The molecule has 2 aromatic carbocycles. The van der Waals surface area contributed by atoms with Gasteiger partial charge in [0.15, 0.2) is 0 Å². The maximum atomic E-state index is 11.3. The molecule has 0 bridgehead atoms. The zero-order valence-electron chi connectivity index (χ0n) is 17.7. The van der Waals surface area contributed by atoms with Gasteiger partial charge in [0.1, 0.15) is 5.75 Å². The Bertz CT molecular complexity index is 874. The minimum Gasteiger partial charge on any atom is -0.497 e. The van der Waals surface area contributed by atoms with E-state index in [2.05, 4.69) is 17.2 Å². The summed E-state index contributed by atoms with van der Waals surface area (Å²) in [6, 6.07) is 14.6. The second kappa shape index (κ2) is 10.9. The zero-order valence-corrected chi connectivity index (χ0v) is 17.7. The van der Waals surface area contributed by atoms with Gasteiger partial charge in [0.2, 0.25) is 0 Å². The molecular formula is C24H30N2O5. The number of nitrogens with one attached hydrogen (secondary N) is 2. The van der Waals surface area contributed by atoms with Gasteiger partial charge in [0, 0.05) is 13.0 Å². The zero-order chi connectivity index (χ0) is 22.2. The molecule has 0 aliphatic heterocycles. The summed E-state index contributed by atoms with van der Waals surface area (Å²) >= 11 is 0. The number of carboxylic acid groups (broad SMARTS) is 1. The van der Waals surface area contributed by atoms with E-state index in [0.717, 1.165) is 28.9 Å². The van der Waals surface area contributed by atoms with Gasteiger partial charge >= 0.3 is 6.09 Å². The maximum Gasteiger partial charge on any atom is 0.404 e. The molecule has 4 atom stereocenters. The number of amides is 1. The second-order valence-corrected chi connectivity index (χ2v) is 7.63. The second-order valence-electron chi connectivity index (χ2n) is 7.63. The molecule has 0 unspecified atom stereocenters. The quantitative estimate of drug-likeness (QED) is 0.412. The first-order chi connectivity index (χ1) is 15.0. The van der Waals surface area contributed by atoms with Crippen LogP contribution in [0, 0.1) is 0 Å². The molecule has 3 rings (SSSR count). The van der Waals surface area contributed by atoms with E-state index >= 15 is 0 Å². The lowest BCUT2D eigenvalue weighted by Gasteiger charge is -2.27. The molecule has 4 N–H and O–H groups in total. The summed E-state index contributed by atoms with van der Waals surface area (Å²) in [5, 5.41) is 25.9. The average Bonchev–Trinajstić information content (AvgIpc) is 3.12. The van der Waals surface area contributed by atoms with Crippen LogP contribution in [0.15, 0.2) is 61.2 Å². The van der Waals surface area contributed by atoms with Crippen molar-refractivity contribution in [2.24, 2.45) is 0 Å². The molecule has 7 nitrogen and oxygen atoms in total. The lowest BCUT2D eigenvalue weighted by Crippen LogP contribution is -2.49. The number of carbonyl (C=O) groups is 1. The summed E-state index contributed by atoms with van der Waals surface area (Å²) in [6.07, 6.45) is 0.632. The Morgan fingerprint density at radius 3 is 2.74 bits per heavy atom. The molecule has 166 valence electrons. The Morgan fingerprint density at radius 1 is 1.29 bits per heavy atom. The smallest absolute Gasteiger partial charge is 0.404 e. The van der Waals surface area contributed by atoms with Crippen molar-refractivity contribution in [2.45, 2.75) is 37.1 Å². The monoisotopic (exact) mass is 426 g/mol. The fourth-order valence-electron chi connectivity index (χ4n) is 4.00. The van der Waals surface area contributed by atoms with Gasteiger partial charge in [-0.25, -0.2) is 4.79 Å². The van der Waals surface area contributed by atoms with Gasteiger partial charge in [-0.1, -0.05) is 42.5 Å². The van der Waals surface area contributed by atoms with Gasteiger partial charge in [0.25, 0.3) is 0 Å². The molecule has 1 aliphatic rings. The summed E-state index contributed by atoms with van der Waals surface area (Å²) in [6.45, 7) is 4.34. The molecule has 0 radical (unpaired) electrons. The number of aliphatic hydroxyl groups is 1. The molecule has 0 saturated carbocycles. The molecule has 1 aliphatic carbocycles. The Balaban J connectivity index is 1.72. The lowest BCUT2D eigenvalue weighted by atomic mass is 10.0. The lowest BCUT2D eigenvalue weighted by molar-refractivity contribution is 0.0457. The van der Waals surface area contributed by atoms with Crippen molar-refractivity contribution in [1.29, 1.82) is 0 Å². The first-order valence-corrected chi connectivity index (χ1v) is 10.4. The van der Waals surface area contributed by atoms with Crippen LogP contribution in [0.2, 0.25) is 0 Å². The Morgan fingerprint density at radius 2 is 2.06 bits per heavy atom. The number of ether oxygens (including phenoxy) is 2. The highest BCUT2D eigenvalue weighted by Crippen LogP contribution is 2.35. The van der Waals surface area contributed by atoms with Gasteiger partial charge < -0.3 is 30.3 Å². The largest absolute Gasteiger partial charge is 0.497 e. The molecule has 31 heavy (non-hydrogen) atoms. The van der Waals surface area contributed by atoms with Crippen LogP contribution in [0.4, 0.5) is 4.79 Å². The SMILES string of the molecule is C=CCO[C@@H]1Cc2ccc(OC)cc2[C@H]1NC[C@@H](O)[C@H](Cc1ccccc1)NC(=O)O. The van der Waals surface area contributed by atoms with E-state index in [1.807, 2.05) is 48.5 Å². The summed E-state index contributed by atoms with van der Waals surface area (Å²) in [5.74, 6) is 0.755. The van der Waals surface area contributed by atoms with Crippen LogP contribution in [0.25, 0.3) is 0 Å². The molecule has 0 spiro atoms. The van der Waals surface area contributed by atoms with Crippen molar-refractivity contribution in [3.63, 3.8) is 0 Å². The van der Waals surface area contributed by atoms with Crippen LogP contribution >= 0.6 is 0 Å². The number of rotatable bonds is 11. The molecule has 2 aromatic rings. The van der Waals surface area contributed by atoms with Crippen LogP contribution in [0.5, 0.6) is 5.75 Å². The number of hydrogen-bond donors (Lipinski definition) is 4. The van der Waals surface area contributed by atoms with Gasteiger partial charge in [-0.2, -0.15) is 0 Å². The van der Waals surface area contributed by atoms with Gasteiger partial charge in [-0.15, -0.1) is 6.58 Å². The molecule has 0 saturated heterocycles. The number of hydrogen-bond acceptors (Lipinski definition) is 5. The Hall–Kier alpha value is -2.87. The summed E-state index contributed by atoms with van der Waals surface area (Å²) < 4.78 is 11.3. The standard InChI is InChI=1S/C24H30N2O5/c1-3-11-31-22-13-17-9-10-18(30-2)14-19(17)23(22)25-15-21(27)20(26-24(28)29)12-16-7-5-4-6-8-16/h3-10,14,20-23,25-27H,1,11-13,15H2,2H3,(H,28,29)/t20-,21+,22+,23+/m0/s1. The third-order valence-electron chi connectivity index (χ3n) is 5.53. The Labute approximate surface area is 182 Å². The van der Waals surface area contributed by atoms with Crippen LogP contribution in [-0.4, -0.2) is 54.8 Å². The van der Waals surface area contributed by atoms with Crippen molar-refractivity contribution < 1.29 is 24.5 Å². The fraction of sp³-hybridized carbons (Fsp3) is 0.375. The van der Waals surface area contributed by atoms with E-state index in [4.69, 9.17) is 9.47 Å². The maximum absolute atomic E-state index is 11.3. The predicted octanol–water partition coefficient (Wildman–Crippen LogP) is 2.69. The third kappa shape index (κ3) is 6.07. The third-order valence-corrected chi connectivity index (χ3v) is 5.53. The van der Waals surface area contributed by atoms with Crippen LogP contribution < -0.4 is 15.4 Å².